The Hall–Kier alpha value is -0.530. The molecule has 1 aliphatic heterocycles. The molecule has 0 bridgehead atoms. The van der Waals surface area contributed by atoms with E-state index in [-0.39, 0.29) is 29.9 Å². The number of nitrogens with zero attached hydrogens (tertiary/aromatic N) is 2. The number of rotatable bonds is 4. The van der Waals surface area contributed by atoms with Gasteiger partial charge in [-0.3, -0.25) is 9.79 Å². The molecule has 1 saturated carbocycles. The lowest BCUT2D eigenvalue weighted by Gasteiger charge is -2.38. The Kier molecular flexibility index (Phi) is 6.95. The summed E-state index contributed by atoms with van der Waals surface area (Å²) in [6, 6.07) is 0. The molecular formula is C16H31IN4O. The van der Waals surface area contributed by atoms with Gasteiger partial charge in [-0.15, -0.1) is 24.0 Å². The molecule has 2 fully saturated rings. The van der Waals surface area contributed by atoms with Crippen LogP contribution < -0.4 is 10.6 Å². The summed E-state index contributed by atoms with van der Waals surface area (Å²) in [6.07, 6.45) is 5.40. The third-order valence-corrected chi connectivity index (χ3v) is 5.00. The lowest BCUT2D eigenvalue weighted by Crippen LogP contribution is -2.49. The first-order valence-electron chi connectivity index (χ1n) is 8.16. The number of amides is 1. The van der Waals surface area contributed by atoms with Gasteiger partial charge in [-0.05, 0) is 45.4 Å². The van der Waals surface area contributed by atoms with Crippen LogP contribution >= 0.6 is 24.0 Å². The summed E-state index contributed by atoms with van der Waals surface area (Å²) >= 11 is 0. The van der Waals surface area contributed by atoms with Crippen LogP contribution in [-0.2, 0) is 4.79 Å². The maximum Gasteiger partial charge on any atom is 0.227 e. The summed E-state index contributed by atoms with van der Waals surface area (Å²) in [6.45, 7) is 9.37. The maximum atomic E-state index is 12.0. The summed E-state index contributed by atoms with van der Waals surface area (Å²) in [5, 5.41) is 6.29. The fraction of sp³-hybridized carbons (Fsp3) is 0.875. The van der Waals surface area contributed by atoms with Crippen molar-refractivity contribution in [3.8, 4) is 0 Å². The van der Waals surface area contributed by atoms with Gasteiger partial charge in [0, 0.05) is 33.2 Å². The van der Waals surface area contributed by atoms with Crippen LogP contribution in [0.3, 0.4) is 0 Å². The number of guanidine groups is 1. The van der Waals surface area contributed by atoms with E-state index in [9.17, 15) is 4.79 Å². The van der Waals surface area contributed by atoms with Gasteiger partial charge in [-0.2, -0.15) is 0 Å². The minimum Gasteiger partial charge on any atom is -0.356 e. The Morgan fingerprint density at radius 1 is 1.27 bits per heavy atom. The van der Waals surface area contributed by atoms with Crippen LogP contribution in [0.15, 0.2) is 4.99 Å². The molecule has 1 spiro atoms. The molecule has 0 atom stereocenters. The van der Waals surface area contributed by atoms with Gasteiger partial charge in [0.2, 0.25) is 5.91 Å². The molecule has 2 rings (SSSR count). The van der Waals surface area contributed by atoms with Crippen LogP contribution in [0, 0.1) is 10.8 Å². The summed E-state index contributed by atoms with van der Waals surface area (Å²) in [5.41, 5.74) is 0.132. The standard InChI is InChI=1S/C16H30N4O.HI/c1-5-18-13(21)15(2,3)11-19-14(17-4)20-10-9-16(12-20)7-6-8-16;/h5-12H2,1-4H3,(H,17,19)(H,18,21);1H. The topological polar surface area (TPSA) is 56.7 Å². The molecule has 22 heavy (non-hydrogen) atoms. The molecule has 0 aromatic rings. The Labute approximate surface area is 151 Å². The molecule has 128 valence electrons. The number of nitrogens with one attached hydrogen (secondary N) is 2. The molecule has 2 aliphatic rings. The van der Waals surface area contributed by atoms with E-state index < -0.39 is 5.41 Å². The van der Waals surface area contributed by atoms with Crippen LogP contribution in [0.25, 0.3) is 0 Å². The first kappa shape index (κ1) is 19.5. The Morgan fingerprint density at radius 3 is 2.41 bits per heavy atom. The van der Waals surface area contributed by atoms with Gasteiger partial charge in [0.25, 0.3) is 0 Å². The summed E-state index contributed by atoms with van der Waals surface area (Å²) in [7, 11) is 1.83. The van der Waals surface area contributed by atoms with E-state index >= 15 is 0 Å². The van der Waals surface area contributed by atoms with Gasteiger partial charge in [0.05, 0.1) is 5.41 Å². The van der Waals surface area contributed by atoms with Crippen LogP contribution in [0.2, 0.25) is 0 Å². The molecule has 6 heteroatoms. The van der Waals surface area contributed by atoms with E-state index in [1.54, 1.807) is 0 Å². The van der Waals surface area contributed by atoms with E-state index in [1.807, 2.05) is 27.8 Å². The number of aliphatic imine (C=N–C) groups is 1. The van der Waals surface area contributed by atoms with Gasteiger partial charge < -0.3 is 15.5 Å². The predicted molar refractivity (Wildman–Crippen MR) is 102 cm³/mol. The molecule has 1 aliphatic carbocycles. The van der Waals surface area contributed by atoms with Crippen molar-refractivity contribution in [3.05, 3.63) is 0 Å². The monoisotopic (exact) mass is 422 g/mol. The molecule has 1 amide bonds. The lowest BCUT2D eigenvalue weighted by atomic mass is 9.68. The molecule has 5 nitrogen and oxygen atoms in total. The normalized spacial score (nSPS) is 20.4. The number of likely N-dealkylation sites (tertiary alicyclic amines) is 1. The molecule has 0 aromatic carbocycles. The van der Waals surface area contributed by atoms with Gasteiger partial charge >= 0.3 is 0 Å². The molecule has 0 unspecified atom stereocenters. The van der Waals surface area contributed by atoms with Gasteiger partial charge in [-0.1, -0.05) is 6.42 Å². The Balaban J connectivity index is 0.00000242. The zero-order valence-corrected chi connectivity index (χ0v) is 16.7. The van der Waals surface area contributed by atoms with Gasteiger partial charge in [0.1, 0.15) is 0 Å². The third kappa shape index (κ3) is 4.26. The number of hydrogen-bond donors (Lipinski definition) is 2. The van der Waals surface area contributed by atoms with E-state index in [4.69, 9.17) is 0 Å². The van der Waals surface area contributed by atoms with E-state index in [1.165, 1.54) is 25.7 Å². The van der Waals surface area contributed by atoms with Crippen molar-refractivity contribution in [2.45, 2.75) is 46.5 Å². The second-order valence-corrected chi connectivity index (χ2v) is 7.17. The number of carbonyl (C=O) groups is 1. The van der Waals surface area contributed by atoms with Crippen LogP contribution in [0.5, 0.6) is 0 Å². The number of halogens is 1. The SMILES string of the molecule is CCNC(=O)C(C)(C)CNC(=NC)N1CCC2(CCC2)C1.I. The lowest BCUT2D eigenvalue weighted by molar-refractivity contribution is -0.128. The zero-order chi connectivity index (χ0) is 15.5. The van der Waals surface area contributed by atoms with Crippen LogP contribution in [0.1, 0.15) is 46.5 Å². The molecule has 1 saturated heterocycles. The first-order chi connectivity index (χ1) is 9.92. The first-order valence-corrected chi connectivity index (χ1v) is 8.16. The van der Waals surface area contributed by atoms with E-state index in [2.05, 4.69) is 20.5 Å². The minimum atomic E-state index is -0.431. The highest BCUT2D eigenvalue weighted by Gasteiger charge is 2.43. The molecule has 1 heterocycles. The smallest absolute Gasteiger partial charge is 0.227 e. The van der Waals surface area contributed by atoms with Crippen molar-refractivity contribution < 1.29 is 4.79 Å². The zero-order valence-electron chi connectivity index (χ0n) is 14.4. The highest BCUT2D eigenvalue weighted by atomic mass is 127. The highest BCUT2D eigenvalue weighted by molar-refractivity contribution is 14.0. The number of hydrogen-bond acceptors (Lipinski definition) is 2. The van der Waals surface area contributed by atoms with Crippen LogP contribution in [-0.4, -0.2) is 50.0 Å². The maximum absolute atomic E-state index is 12.0. The fourth-order valence-electron chi connectivity index (χ4n) is 3.31. The predicted octanol–water partition coefficient (Wildman–Crippen LogP) is 2.22. The van der Waals surface area contributed by atoms with Crippen molar-refractivity contribution in [1.82, 2.24) is 15.5 Å². The Morgan fingerprint density at radius 2 is 1.95 bits per heavy atom. The largest absolute Gasteiger partial charge is 0.356 e. The summed E-state index contributed by atoms with van der Waals surface area (Å²) in [4.78, 5) is 18.8. The summed E-state index contributed by atoms with van der Waals surface area (Å²) in [5.74, 6) is 1.03. The minimum absolute atomic E-state index is 0. The van der Waals surface area contributed by atoms with E-state index in [0.29, 0.717) is 18.5 Å². The molecular weight excluding hydrogens is 391 g/mol. The van der Waals surface area contributed by atoms with Crippen molar-refractivity contribution in [3.63, 3.8) is 0 Å². The van der Waals surface area contributed by atoms with Crippen molar-refractivity contribution in [1.29, 1.82) is 0 Å². The molecule has 0 aromatic heterocycles. The quantitative estimate of drug-likeness (QED) is 0.415. The second kappa shape index (κ2) is 7.84. The van der Waals surface area contributed by atoms with Gasteiger partial charge in [-0.25, -0.2) is 0 Å². The molecule has 0 radical (unpaired) electrons. The second-order valence-electron chi connectivity index (χ2n) is 7.17. The third-order valence-electron chi connectivity index (χ3n) is 5.00. The van der Waals surface area contributed by atoms with Crippen molar-refractivity contribution in [2.24, 2.45) is 15.8 Å². The highest BCUT2D eigenvalue weighted by Crippen LogP contribution is 2.47. The summed E-state index contributed by atoms with van der Waals surface area (Å²) < 4.78 is 0. The van der Waals surface area contributed by atoms with Crippen molar-refractivity contribution >= 4 is 35.8 Å². The fourth-order valence-corrected chi connectivity index (χ4v) is 3.31. The Bertz CT molecular complexity index is 418. The number of carbonyl (C=O) groups excluding carboxylic acids is 1. The average Bonchev–Trinajstić information content (AvgIpc) is 2.85. The van der Waals surface area contributed by atoms with Gasteiger partial charge in [0.15, 0.2) is 5.96 Å². The molecule has 2 N–H and O–H groups in total. The van der Waals surface area contributed by atoms with E-state index in [0.717, 1.165) is 19.0 Å². The van der Waals surface area contributed by atoms with Crippen LogP contribution in [0.4, 0.5) is 0 Å². The average molecular weight is 422 g/mol. The van der Waals surface area contributed by atoms with Crippen molar-refractivity contribution in [2.75, 3.05) is 33.2 Å².